The van der Waals surface area contributed by atoms with Gasteiger partial charge in [-0.2, -0.15) is 0 Å². The Morgan fingerprint density at radius 3 is 2.60 bits per heavy atom. The first kappa shape index (κ1) is 28.8. The minimum absolute atomic E-state index is 0.315. The van der Waals surface area contributed by atoms with Crippen molar-refractivity contribution in [2.24, 2.45) is 0 Å². The van der Waals surface area contributed by atoms with Crippen LogP contribution in [-0.4, -0.2) is 69.9 Å². The molecule has 1 saturated heterocycles. The molecule has 0 atom stereocenters. The first-order chi connectivity index (χ1) is 21.9. The molecule has 0 spiro atoms. The number of piperazine rings is 1. The van der Waals surface area contributed by atoms with E-state index in [0.717, 1.165) is 44.0 Å². The molecule has 5 aromatic rings. The van der Waals surface area contributed by atoms with Crippen LogP contribution in [-0.2, 0) is 13.2 Å². The number of carbonyl (C=O) groups is 2. The number of hydrogen-bond donors (Lipinski definition) is 2. The van der Waals surface area contributed by atoms with Gasteiger partial charge >= 0.3 is 6.03 Å². The van der Waals surface area contributed by atoms with E-state index < -0.39 is 6.03 Å². The molecule has 0 unspecified atom stereocenters. The van der Waals surface area contributed by atoms with Crippen LogP contribution in [0, 0.1) is 6.92 Å². The van der Waals surface area contributed by atoms with Crippen LogP contribution in [0.25, 0.3) is 10.2 Å². The van der Waals surface area contributed by atoms with Crippen molar-refractivity contribution in [3.63, 3.8) is 0 Å². The van der Waals surface area contributed by atoms with Gasteiger partial charge < -0.3 is 20.3 Å². The topological polar surface area (TPSA) is 116 Å². The first-order valence-electron chi connectivity index (χ1n) is 14.8. The van der Waals surface area contributed by atoms with Crippen molar-refractivity contribution in [3.8, 4) is 5.75 Å². The highest BCUT2D eigenvalue weighted by molar-refractivity contribution is 7.21. The third kappa shape index (κ3) is 5.95. The molecule has 7 rings (SSSR count). The molecule has 0 saturated carbocycles. The molecule has 2 aliphatic rings. The zero-order valence-electron chi connectivity index (χ0n) is 25.0. The Bertz CT molecular complexity index is 1870. The van der Waals surface area contributed by atoms with Crippen LogP contribution in [0.4, 0.5) is 27.7 Å². The summed E-state index contributed by atoms with van der Waals surface area (Å²) >= 11 is 1.22. The molecule has 0 radical (unpaired) electrons. The molecule has 2 N–H and O–H groups in total. The number of pyridine rings is 1. The first-order valence-corrected chi connectivity index (χ1v) is 15.6. The van der Waals surface area contributed by atoms with Gasteiger partial charge in [-0.25, -0.2) is 19.7 Å². The number of benzene rings is 2. The van der Waals surface area contributed by atoms with Crippen LogP contribution in [0.2, 0.25) is 0 Å². The van der Waals surface area contributed by atoms with Gasteiger partial charge in [0.1, 0.15) is 28.4 Å². The highest BCUT2D eigenvalue weighted by Crippen LogP contribution is 2.45. The van der Waals surface area contributed by atoms with Crippen molar-refractivity contribution >= 4 is 56.4 Å². The zero-order valence-corrected chi connectivity index (χ0v) is 25.8. The van der Waals surface area contributed by atoms with Crippen molar-refractivity contribution in [1.29, 1.82) is 0 Å². The Morgan fingerprint density at radius 2 is 1.84 bits per heavy atom. The second-order valence-electron chi connectivity index (χ2n) is 11.2. The van der Waals surface area contributed by atoms with Crippen LogP contribution >= 0.6 is 11.3 Å². The summed E-state index contributed by atoms with van der Waals surface area (Å²) in [6.07, 6.45) is 3.15. The maximum atomic E-state index is 13.5. The number of thiophene rings is 1. The van der Waals surface area contributed by atoms with Gasteiger partial charge in [0, 0.05) is 44.6 Å². The average molecular weight is 621 g/mol. The van der Waals surface area contributed by atoms with E-state index in [-0.39, 0.29) is 5.91 Å². The molecule has 0 aliphatic carbocycles. The summed E-state index contributed by atoms with van der Waals surface area (Å²) in [7, 11) is 2.15. The largest absolute Gasteiger partial charge is 0.487 e. The number of carbonyl (C=O) groups excluding carboxylic acids is 2. The van der Waals surface area contributed by atoms with Crippen LogP contribution in [0.5, 0.6) is 5.75 Å². The molecule has 2 aromatic carbocycles. The molecule has 45 heavy (non-hydrogen) atoms. The number of nitrogens with zero attached hydrogens (tertiary/aromatic N) is 6. The number of urea groups is 1. The molecule has 228 valence electrons. The summed E-state index contributed by atoms with van der Waals surface area (Å²) in [4.78, 5) is 47.5. The molecule has 11 nitrogen and oxygen atoms in total. The number of anilines is 4. The van der Waals surface area contributed by atoms with Gasteiger partial charge in [0.15, 0.2) is 5.82 Å². The Balaban J connectivity index is 1.09. The van der Waals surface area contributed by atoms with Gasteiger partial charge in [0.05, 0.1) is 22.5 Å². The van der Waals surface area contributed by atoms with Crippen LogP contribution < -0.4 is 20.3 Å². The fourth-order valence-electron chi connectivity index (χ4n) is 5.58. The number of hydrogen-bond acceptors (Lipinski definition) is 9. The second-order valence-corrected chi connectivity index (χ2v) is 12.2. The minimum atomic E-state index is -0.412. The van der Waals surface area contributed by atoms with E-state index in [2.05, 4.69) is 42.4 Å². The van der Waals surface area contributed by atoms with Gasteiger partial charge in [0.2, 0.25) is 0 Å². The Morgan fingerprint density at radius 1 is 1.02 bits per heavy atom. The maximum absolute atomic E-state index is 13.5. The number of ether oxygens (including phenoxy) is 1. The highest BCUT2D eigenvalue weighted by atomic mass is 32.1. The number of aryl methyl sites for hydroxylation is 1. The number of amides is 3. The van der Waals surface area contributed by atoms with E-state index in [1.165, 1.54) is 28.1 Å². The predicted molar refractivity (Wildman–Crippen MR) is 175 cm³/mol. The lowest BCUT2D eigenvalue weighted by Gasteiger charge is -2.32. The van der Waals surface area contributed by atoms with Gasteiger partial charge in [-0.05, 0) is 67.6 Å². The van der Waals surface area contributed by atoms with Crippen LogP contribution in [0.1, 0.15) is 26.5 Å². The number of rotatable bonds is 8. The van der Waals surface area contributed by atoms with E-state index in [1.807, 2.05) is 67.6 Å². The smallest absolute Gasteiger partial charge is 0.332 e. The third-order valence-corrected chi connectivity index (χ3v) is 9.15. The van der Waals surface area contributed by atoms with Gasteiger partial charge in [0.25, 0.3) is 5.91 Å². The SMILES string of the molecule is Cc1cc(N2C(=O)Nc3c(C(=O)Nc4ccc(CN5CCN(C)CC5)cc4)sc4ncnc2c34)ccc1OCc1ccccn1. The summed E-state index contributed by atoms with van der Waals surface area (Å²) in [5.74, 6) is 0.797. The van der Waals surface area contributed by atoms with Crippen molar-refractivity contribution in [2.45, 2.75) is 20.1 Å². The summed E-state index contributed by atoms with van der Waals surface area (Å²) < 4.78 is 5.97. The van der Waals surface area contributed by atoms with Crippen molar-refractivity contribution < 1.29 is 14.3 Å². The van der Waals surface area contributed by atoms with Crippen molar-refractivity contribution in [2.75, 3.05) is 48.8 Å². The number of aromatic nitrogens is 3. The lowest BCUT2D eigenvalue weighted by molar-refractivity contribution is 0.103. The van der Waals surface area contributed by atoms with Crippen LogP contribution in [0.3, 0.4) is 0 Å². The molecule has 2 aliphatic heterocycles. The van der Waals surface area contributed by atoms with Gasteiger partial charge in [-0.3, -0.25) is 14.7 Å². The van der Waals surface area contributed by atoms with E-state index in [4.69, 9.17) is 4.74 Å². The summed E-state index contributed by atoms with van der Waals surface area (Å²) in [5, 5.41) is 6.55. The molecule has 12 heteroatoms. The quantitative estimate of drug-likeness (QED) is 0.229. The van der Waals surface area contributed by atoms with Crippen molar-refractivity contribution in [1.82, 2.24) is 24.8 Å². The highest BCUT2D eigenvalue weighted by Gasteiger charge is 2.34. The van der Waals surface area contributed by atoms with E-state index in [1.54, 1.807) is 6.20 Å². The molecular formula is C33H32N8O3S. The Kier molecular flexibility index (Phi) is 7.84. The zero-order chi connectivity index (χ0) is 30.9. The Labute approximate surface area is 264 Å². The molecular weight excluding hydrogens is 588 g/mol. The van der Waals surface area contributed by atoms with E-state index in [0.29, 0.717) is 50.3 Å². The van der Waals surface area contributed by atoms with Crippen LogP contribution in [0.15, 0.2) is 73.2 Å². The van der Waals surface area contributed by atoms with Gasteiger partial charge in [-0.15, -0.1) is 11.3 Å². The molecule has 3 amide bonds. The van der Waals surface area contributed by atoms with E-state index in [9.17, 15) is 9.59 Å². The van der Waals surface area contributed by atoms with Crippen molar-refractivity contribution in [3.05, 3.63) is 94.9 Å². The fourth-order valence-corrected chi connectivity index (χ4v) is 6.57. The van der Waals surface area contributed by atoms with E-state index >= 15 is 0 Å². The number of likely N-dealkylation sites (N-methyl/N-ethyl adjacent to an activating group) is 1. The lowest BCUT2D eigenvalue weighted by atomic mass is 10.1. The minimum Gasteiger partial charge on any atom is -0.487 e. The standard InChI is InChI=1S/C33H32N8O3S/c1-21-17-25(10-11-26(21)44-19-24-5-3-4-12-34-24)41-30-27-28(38-33(41)43)29(45-32(27)36-20-35-30)31(42)37-23-8-6-22(7-9-23)18-40-15-13-39(2)14-16-40/h3-12,17,20H,13-16,18-19H2,1-2H3,(H,37,42)(H,38,43). The maximum Gasteiger partial charge on any atom is 0.332 e. The molecule has 0 bridgehead atoms. The second kappa shape index (κ2) is 12.2. The van der Waals surface area contributed by atoms with Gasteiger partial charge in [-0.1, -0.05) is 18.2 Å². The monoisotopic (exact) mass is 620 g/mol. The third-order valence-electron chi connectivity index (χ3n) is 8.05. The number of nitrogens with one attached hydrogen (secondary N) is 2. The Hall–Kier alpha value is -4.91. The fraction of sp³-hybridized carbons (Fsp3) is 0.242. The molecule has 3 aromatic heterocycles. The lowest BCUT2D eigenvalue weighted by Crippen LogP contribution is -2.43. The summed E-state index contributed by atoms with van der Waals surface area (Å²) in [5.41, 5.74) is 4.60. The average Bonchev–Trinajstić information content (AvgIpc) is 3.42. The predicted octanol–water partition coefficient (Wildman–Crippen LogP) is 5.66. The summed E-state index contributed by atoms with van der Waals surface area (Å²) in [6.45, 7) is 7.37. The summed E-state index contributed by atoms with van der Waals surface area (Å²) in [6, 6.07) is 18.7. The normalized spacial score (nSPS) is 15.2. The molecule has 1 fully saturated rings. The molecule has 5 heterocycles.